The summed E-state index contributed by atoms with van der Waals surface area (Å²) >= 11 is 3.30. The van der Waals surface area contributed by atoms with Crippen molar-refractivity contribution in [2.24, 2.45) is 0 Å². The monoisotopic (exact) mass is 253 g/mol. The van der Waals surface area contributed by atoms with E-state index in [2.05, 4.69) is 15.9 Å². The number of benzene rings is 1. The Bertz CT molecular complexity index is 392. The van der Waals surface area contributed by atoms with Gasteiger partial charge >= 0.3 is 0 Å². The van der Waals surface area contributed by atoms with Crippen LogP contribution in [-0.4, -0.2) is 5.78 Å². The van der Waals surface area contributed by atoms with Crippen LogP contribution in [0.25, 0.3) is 0 Å². The summed E-state index contributed by atoms with van der Waals surface area (Å²) in [5.41, 5.74) is 7.71. The van der Waals surface area contributed by atoms with Gasteiger partial charge in [-0.05, 0) is 38.1 Å². The number of carbonyl (C=O) groups excluding carboxylic acids is 1. The second-order valence-electron chi connectivity index (χ2n) is 3.32. The first-order chi connectivity index (χ1) is 6.50. The molecule has 0 aliphatic rings. The molecule has 0 heterocycles. The van der Waals surface area contributed by atoms with Gasteiger partial charge in [0.15, 0.2) is 5.78 Å². The smallest absolute Gasteiger partial charge is 0.187 e. The van der Waals surface area contributed by atoms with E-state index in [1.165, 1.54) is 0 Å². The summed E-state index contributed by atoms with van der Waals surface area (Å²) in [5, 5.41) is 0. The molecule has 0 fully saturated rings. The van der Waals surface area contributed by atoms with Crippen LogP contribution in [-0.2, 0) is 0 Å². The van der Waals surface area contributed by atoms with Gasteiger partial charge in [0.25, 0.3) is 0 Å². The molecular weight excluding hydrogens is 242 g/mol. The van der Waals surface area contributed by atoms with E-state index >= 15 is 0 Å². The highest BCUT2D eigenvalue weighted by molar-refractivity contribution is 9.10. The minimum Gasteiger partial charge on any atom is -0.398 e. The number of carbonyl (C=O) groups is 1. The molecular formula is C11H12BrNO. The number of hydrogen-bond donors (Lipinski definition) is 1. The Hall–Kier alpha value is -1.09. The van der Waals surface area contributed by atoms with E-state index in [9.17, 15) is 4.79 Å². The maximum Gasteiger partial charge on any atom is 0.187 e. The summed E-state index contributed by atoms with van der Waals surface area (Å²) in [5.74, 6) is -0.0520. The molecule has 74 valence electrons. The van der Waals surface area contributed by atoms with Crippen molar-refractivity contribution >= 4 is 27.4 Å². The van der Waals surface area contributed by atoms with Gasteiger partial charge in [0.05, 0.1) is 0 Å². The molecule has 0 bridgehead atoms. The van der Waals surface area contributed by atoms with Crippen molar-refractivity contribution in [3.05, 3.63) is 39.9 Å². The average molecular weight is 254 g/mol. The predicted molar refractivity (Wildman–Crippen MR) is 62.3 cm³/mol. The van der Waals surface area contributed by atoms with Gasteiger partial charge < -0.3 is 5.73 Å². The first kappa shape index (κ1) is 11.0. The molecule has 0 atom stereocenters. The molecule has 1 aromatic carbocycles. The lowest BCUT2D eigenvalue weighted by Crippen LogP contribution is -2.01. The van der Waals surface area contributed by atoms with E-state index in [1.807, 2.05) is 19.9 Å². The van der Waals surface area contributed by atoms with Crippen molar-refractivity contribution in [3.63, 3.8) is 0 Å². The zero-order valence-electron chi connectivity index (χ0n) is 8.17. The van der Waals surface area contributed by atoms with Crippen molar-refractivity contribution in [3.8, 4) is 0 Å². The molecule has 0 spiro atoms. The van der Waals surface area contributed by atoms with Crippen LogP contribution in [0.2, 0.25) is 0 Å². The molecule has 14 heavy (non-hydrogen) atoms. The lowest BCUT2D eigenvalue weighted by Gasteiger charge is -2.02. The number of rotatable bonds is 2. The summed E-state index contributed by atoms with van der Waals surface area (Å²) < 4.78 is 0.859. The van der Waals surface area contributed by atoms with Gasteiger partial charge in [-0.3, -0.25) is 4.79 Å². The molecule has 0 radical (unpaired) electrons. The molecule has 0 saturated heterocycles. The van der Waals surface area contributed by atoms with Crippen molar-refractivity contribution in [2.75, 3.05) is 5.73 Å². The highest BCUT2D eigenvalue weighted by Gasteiger charge is 2.07. The maximum atomic E-state index is 11.7. The van der Waals surface area contributed by atoms with Crippen LogP contribution >= 0.6 is 15.9 Å². The van der Waals surface area contributed by atoms with Crippen LogP contribution in [0.3, 0.4) is 0 Å². The molecule has 1 aromatic rings. The van der Waals surface area contributed by atoms with Crippen molar-refractivity contribution in [1.29, 1.82) is 0 Å². The summed E-state index contributed by atoms with van der Waals surface area (Å²) in [4.78, 5) is 11.7. The van der Waals surface area contributed by atoms with Crippen LogP contribution in [0, 0.1) is 0 Å². The van der Waals surface area contributed by atoms with Crippen molar-refractivity contribution in [1.82, 2.24) is 0 Å². The number of anilines is 1. The third kappa shape index (κ3) is 2.70. The molecule has 0 aromatic heterocycles. The number of hydrogen-bond acceptors (Lipinski definition) is 2. The Morgan fingerprint density at radius 1 is 1.43 bits per heavy atom. The van der Waals surface area contributed by atoms with E-state index < -0.39 is 0 Å². The lowest BCUT2D eigenvalue weighted by atomic mass is 10.1. The minimum atomic E-state index is -0.0520. The normalized spacial score (nSPS) is 9.64. The van der Waals surface area contributed by atoms with Crippen LogP contribution in [0.5, 0.6) is 0 Å². The van der Waals surface area contributed by atoms with Gasteiger partial charge in [-0.1, -0.05) is 21.5 Å². The standard InChI is InChI=1S/C11H12BrNO/c1-7(2)5-11(14)9-6-8(12)3-4-10(9)13/h3-6H,13H2,1-2H3. The number of allylic oxidation sites excluding steroid dienone is 2. The maximum absolute atomic E-state index is 11.7. The largest absolute Gasteiger partial charge is 0.398 e. The van der Waals surface area contributed by atoms with Gasteiger partial charge in [-0.2, -0.15) is 0 Å². The van der Waals surface area contributed by atoms with E-state index in [-0.39, 0.29) is 5.78 Å². The summed E-state index contributed by atoms with van der Waals surface area (Å²) in [6, 6.07) is 5.27. The third-order valence-electron chi connectivity index (χ3n) is 1.70. The summed E-state index contributed by atoms with van der Waals surface area (Å²) in [7, 11) is 0. The van der Waals surface area contributed by atoms with Crippen LogP contribution in [0.15, 0.2) is 34.3 Å². The first-order valence-corrected chi connectivity index (χ1v) is 5.04. The number of nitrogen functional groups attached to an aromatic ring is 1. The fourth-order valence-corrected chi connectivity index (χ4v) is 1.44. The Morgan fingerprint density at radius 2 is 2.07 bits per heavy atom. The second kappa shape index (κ2) is 4.42. The SMILES string of the molecule is CC(C)=CC(=O)c1cc(Br)ccc1N. The van der Waals surface area contributed by atoms with Crippen LogP contribution in [0.1, 0.15) is 24.2 Å². The van der Waals surface area contributed by atoms with Crippen LogP contribution in [0.4, 0.5) is 5.69 Å². The fraction of sp³-hybridized carbons (Fsp3) is 0.182. The topological polar surface area (TPSA) is 43.1 Å². The molecule has 2 nitrogen and oxygen atoms in total. The second-order valence-corrected chi connectivity index (χ2v) is 4.23. The molecule has 0 saturated carbocycles. The van der Waals surface area contributed by atoms with E-state index in [0.29, 0.717) is 11.3 Å². The van der Waals surface area contributed by atoms with Crippen molar-refractivity contribution in [2.45, 2.75) is 13.8 Å². The predicted octanol–water partition coefficient (Wildman–Crippen LogP) is 3.18. The highest BCUT2D eigenvalue weighted by Crippen LogP contribution is 2.19. The minimum absolute atomic E-state index is 0.0520. The van der Waals surface area contributed by atoms with E-state index in [0.717, 1.165) is 10.0 Å². The van der Waals surface area contributed by atoms with Gasteiger partial charge in [-0.25, -0.2) is 0 Å². The Kier molecular flexibility index (Phi) is 3.47. The Labute approximate surface area is 91.9 Å². The zero-order valence-corrected chi connectivity index (χ0v) is 9.76. The first-order valence-electron chi connectivity index (χ1n) is 4.25. The fourth-order valence-electron chi connectivity index (χ4n) is 1.08. The molecule has 1 rings (SSSR count). The zero-order chi connectivity index (χ0) is 10.7. The Morgan fingerprint density at radius 3 is 2.64 bits per heavy atom. The molecule has 3 heteroatoms. The molecule has 2 N–H and O–H groups in total. The number of ketones is 1. The number of halogens is 1. The molecule has 0 unspecified atom stereocenters. The van der Waals surface area contributed by atoms with Crippen LogP contribution < -0.4 is 5.73 Å². The van der Waals surface area contributed by atoms with Crippen molar-refractivity contribution < 1.29 is 4.79 Å². The van der Waals surface area contributed by atoms with Gasteiger partial charge in [-0.15, -0.1) is 0 Å². The third-order valence-corrected chi connectivity index (χ3v) is 2.19. The van der Waals surface area contributed by atoms with E-state index in [4.69, 9.17) is 5.73 Å². The highest BCUT2D eigenvalue weighted by atomic mass is 79.9. The van der Waals surface area contributed by atoms with E-state index in [1.54, 1.807) is 18.2 Å². The molecule has 0 aliphatic heterocycles. The quantitative estimate of drug-likeness (QED) is 0.500. The van der Waals surface area contributed by atoms with Gasteiger partial charge in [0.2, 0.25) is 0 Å². The molecule has 0 aliphatic carbocycles. The number of nitrogens with two attached hydrogens (primary N) is 1. The van der Waals surface area contributed by atoms with Gasteiger partial charge in [0.1, 0.15) is 0 Å². The van der Waals surface area contributed by atoms with Gasteiger partial charge in [0, 0.05) is 15.7 Å². The lowest BCUT2D eigenvalue weighted by molar-refractivity contribution is 0.104. The Balaban J connectivity index is 3.12. The molecule has 0 amide bonds. The average Bonchev–Trinajstić information content (AvgIpc) is 2.08. The summed E-state index contributed by atoms with van der Waals surface area (Å²) in [6.07, 6.45) is 1.58. The summed E-state index contributed by atoms with van der Waals surface area (Å²) in [6.45, 7) is 3.76.